The average molecular weight is 549 g/mol. The molecule has 5 aromatic carbocycles. The van der Waals surface area contributed by atoms with Gasteiger partial charge >= 0.3 is 0 Å². The third-order valence-corrected chi connectivity index (χ3v) is 7.60. The van der Waals surface area contributed by atoms with Crippen LogP contribution in [0.4, 0.5) is 11.4 Å². The van der Waals surface area contributed by atoms with E-state index in [0.29, 0.717) is 22.7 Å². The van der Waals surface area contributed by atoms with Gasteiger partial charge in [-0.2, -0.15) is 0 Å². The summed E-state index contributed by atoms with van der Waals surface area (Å²) >= 11 is 1.42. The highest BCUT2D eigenvalue weighted by Gasteiger charge is 2.23. The molecule has 5 rings (SSSR count). The highest BCUT2D eigenvalue weighted by molar-refractivity contribution is 8.00. The summed E-state index contributed by atoms with van der Waals surface area (Å²) in [4.78, 5) is 27.4. The van der Waals surface area contributed by atoms with E-state index in [2.05, 4.69) is 10.6 Å². The van der Waals surface area contributed by atoms with Gasteiger partial charge in [-0.3, -0.25) is 9.59 Å². The van der Waals surface area contributed by atoms with Crippen molar-refractivity contribution in [2.45, 2.75) is 10.1 Å². The molecule has 1 atom stereocenters. The molecule has 6 nitrogen and oxygen atoms in total. The van der Waals surface area contributed by atoms with Crippen molar-refractivity contribution in [3.8, 4) is 11.5 Å². The third-order valence-electron chi connectivity index (χ3n) is 6.35. The molecule has 0 saturated heterocycles. The number of ether oxygens (including phenoxy) is 2. The lowest BCUT2D eigenvalue weighted by Gasteiger charge is -2.18. The number of fused-ring (bicyclic) bond motifs is 1. The molecule has 2 N–H and O–H groups in total. The minimum Gasteiger partial charge on any atom is -0.493 e. The van der Waals surface area contributed by atoms with E-state index >= 15 is 0 Å². The molecule has 0 radical (unpaired) electrons. The van der Waals surface area contributed by atoms with Crippen LogP contribution in [0.15, 0.2) is 120 Å². The quantitative estimate of drug-likeness (QED) is 0.186. The second kappa shape index (κ2) is 12.4. The van der Waals surface area contributed by atoms with Gasteiger partial charge in [0, 0.05) is 21.8 Å². The number of thioether (sulfide) groups is 1. The van der Waals surface area contributed by atoms with Crippen LogP contribution in [0.5, 0.6) is 11.5 Å². The summed E-state index contributed by atoms with van der Waals surface area (Å²) in [7, 11) is 3.07. The van der Waals surface area contributed by atoms with Crippen LogP contribution < -0.4 is 20.1 Å². The second-order valence-corrected chi connectivity index (χ2v) is 10.2. The molecular weight excluding hydrogens is 520 g/mol. The van der Waals surface area contributed by atoms with E-state index in [-0.39, 0.29) is 11.8 Å². The smallest absolute Gasteiger partial charge is 0.255 e. The number of benzene rings is 5. The van der Waals surface area contributed by atoms with E-state index in [0.717, 1.165) is 26.9 Å². The largest absolute Gasteiger partial charge is 0.493 e. The summed E-state index contributed by atoms with van der Waals surface area (Å²) in [6.45, 7) is 0. The van der Waals surface area contributed by atoms with Gasteiger partial charge in [-0.1, -0.05) is 66.7 Å². The van der Waals surface area contributed by atoms with E-state index in [9.17, 15) is 9.59 Å². The highest BCUT2D eigenvalue weighted by Crippen LogP contribution is 2.37. The lowest BCUT2D eigenvalue weighted by molar-refractivity contribution is -0.115. The molecule has 0 aliphatic carbocycles. The molecule has 2 amide bonds. The number of nitrogens with one attached hydrogen (secondary N) is 2. The number of methoxy groups -OCH3 is 2. The molecule has 0 fully saturated rings. The van der Waals surface area contributed by atoms with Gasteiger partial charge in [0.1, 0.15) is 5.25 Å². The zero-order chi connectivity index (χ0) is 27.9. The van der Waals surface area contributed by atoms with Gasteiger partial charge in [-0.15, -0.1) is 11.8 Å². The first kappa shape index (κ1) is 26.8. The van der Waals surface area contributed by atoms with E-state index in [1.165, 1.54) is 18.9 Å². The second-order valence-electron chi connectivity index (χ2n) is 9.01. The normalized spacial score (nSPS) is 11.4. The Morgan fingerprint density at radius 1 is 0.650 bits per heavy atom. The number of hydrogen-bond donors (Lipinski definition) is 2. The van der Waals surface area contributed by atoms with Crippen LogP contribution in [-0.2, 0) is 4.79 Å². The molecule has 0 aromatic heterocycles. The Morgan fingerprint density at radius 2 is 1.38 bits per heavy atom. The van der Waals surface area contributed by atoms with Crippen LogP contribution in [0, 0.1) is 0 Å². The molecular formula is C33H28N2O4S. The van der Waals surface area contributed by atoms with E-state index in [1.807, 2.05) is 97.1 Å². The van der Waals surface area contributed by atoms with E-state index in [1.54, 1.807) is 25.3 Å². The topological polar surface area (TPSA) is 76.7 Å². The Bertz CT molecular complexity index is 1660. The first-order valence-corrected chi connectivity index (χ1v) is 13.6. The van der Waals surface area contributed by atoms with Crippen molar-refractivity contribution in [3.05, 3.63) is 126 Å². The Labute approximate surface area is 237 Å². The van der Waals surface area contributed by atoms with E-state index < -0.39 is 5.25 Å². The van der Waals surface area contributed by atoms with Crippen molar-refractivity contribution in [1.82, 2.24) is 0 Å². The van der Waals surface area contributed by atoms with E-state index in [4.69, 9.17) is 9.47 Å². The summed E-state index contributed by atoms with van der Waals surface area (Å²) in [6.07, 6.45) is 0. The van der Waals surface area contributed by atoms with Crippen LogP contribution in [0.25, 0.3) is 10.8 Å². The SMILES string of the molecule is COc1ccc(C(=O)Nc2cccc(SC(C(=O)Nc3ccc4ccccc4c3)c3ccccc3)c2)cc1OC. The summed E-state index contributed by atoms with van der Waals surface area (Å²) in [5.41, 5.74) is 2.67. The standard InChI is InChI=1S/C33H28N2O4S/c1-38-29-18-16-25(20-30(29)39-2)32(36)34-26-13-8-14-28(21-26)40-31(23-10-4-3-5-11-23)33(37)35-27-17-15-22-9-6-7-12-24(22)19-27/h3-21,31H,1-2H3,(H,34,36)(H,35,37). The number of rotatable bonds is 9. The summed E-state index contributed by atoms with van der Waals surface area (Å²) in [6, 6.07) is 36.1. The fourth-order valence-electron chi connectivity index (χ4n) is 4.34. The molecule has 0 aliphatic heterocycles. The van der Waals surface area contributed by atoms with Crippen LogP contribution in [0.1, 0.15) is 21.2 Å². The van der Waals surface area contributed by atoms with Crippen molar-refractivity contribution in [2.24, 2.45) is 0 Å². The number of anilines is 2. The first-order valence-electron chi connectivity index (χ1n) is 12.7. The predicted molar refractivity (Wildman–Crippen MR) is 162 cm³/mol. The van der Waals surface area contributed by atoms with Crippen molar-refractivity contribution < 1.29 is 19.1 Å². The van der Waals surface area contributed by atoms with Gasteiger partial charge < -0.3 is 20.1 Å². The Morgan fingerprint density at radius 3 is 2.15 bits per heavy atom. The maximum Gasteiger partial charge on any atom is 0.255 e. The molecule has 0 saturated carbocycles. The summed E-state index contributed by atoms with van der Waals surface area (Å²) in [5.74, 6) is 0.608. The molecule has 0 aliphatic rings. The fraction of sp³-hybridized carbons (Fsp3) is 0.0909. The molecule has 5 aromatic rings. The Hall–Kier alpha value is -4.75. The van der Waals surface area contributed by atoms with Gasteiger partial charge in [0.25, 0.3) is 5.91 Å². The molecule has 7 heteroatoms. The van der Waals surface area contributed by atoms with Crippen LogP contribution in [0.3, 0.4) is 0 Å². The average Bonchev–Trinajstić information content (AvgIpc) is 3.00. The fourth-order valence-corrected chi connectivity index (χ4v) is 5.42. The third kappa shape index (κ3) is 6.27. The molecule has 40 heavy (non-hydrogen) atoms. The summed E-state index contributed by atoms with van der Waals surface area (Å²) in [5, 5.41) is 7.69. The van der Waals surface area contributed by atoms with Crippen LogP contribution >= 0.6 is 11.8 Å². The molecule has 0 bridgehead atoms. The number of carbonyl (C=O) groups excluding carboxylic acids is 2. The lowest BCUT2D eigenvalue weighted by atomic mass is 10.1. The number of amides is 2. The van der Waals surface area contributed by atoms with Gasteiger partial charge in [-0.25, -0.2) is 0 Å². The van der Waals surface area contributed by atoms with Crippen LogP contribution in [-0.4, -0.2) is 26.0 Å². The van der Waals surface area contributed by atoms with Crippen molar-refractivity contribution in [2.75, 3.05) is 24.9 Å². The number of hydrogen-bond acceptors (Lipinski definition) is 5. The van der Waals surface area contributed by atoms with Crippen molar-refractivity contribution in [1.29, 1.82) is 0 Å². The monoisotopic (exact) mass is 548 g/mol. The van der Waals surface area contributed by atoms with Crippen molar-refractivity contribution in [3.63, 3.8) is 0 Å². The minimum atomic E-state index is -0.510. The molecule has 200 valence electrons. The Balaban J connectivity index is 1.35. The van der Waals surface area contributed by atoms with Gasteiger partial charge in [0.2, 0.25) is 5.91 Å². The molecule has 1 unspecified atom stereocenters. The maximum absolute atomic E-state index is 13.6. The zero-order valence-corrected chi connectivity index (χ0v) is 22.9. The lowest BCUT2D eigenvalue weighted by Crippen LogP contribution is -2.19. The zero-order valence-electron chi connectivity index (χ0n) is 22.1. The molecule has 0 spiro atoms. The predicted octanol–water partition coefficient (Wildman–Crippen LogP) is 7.58. The maximum atomic E-state index is 13.6. The van der Waals surface area contributed by atoms with Crippen LogP contribution in [0.2, 0.25) is 0 Å². The Kier molecular flexibility index (Phi) is 8.32. The van der Waals surface area contributed by atoms with Crippen molar-refractivity contribution >= 4 is 45.7 Å². The highest BCUT2D eigenvalue weighted by atomic mass is 32.2. The first-order chi connectivity index (χ1) is 19.5. The van der Waals surface area contributed by atoms with Gasteiger partial charge in [0.15, 0.2) is 11.5 Å². The van der Waals surface area contributed by atoms with Gasteiger partial charge in [0.05, 0.1) is 14.2 Å². The summed E-state index contributed by atoms with van der Waals surface area (Å²) < 4.78 is 10.6. The minimum absolute atomic E-state index is 0.133. The molecule has 0 heterocycles. The van der Waals surface area contributed by atoms with Gasteiger partial charge in [-0.05, 0) is 64.9 Å². The number of carbonyl (C=O) groups is 2.